The Morgan fingerprint density at radius 3 is 1.08 bits per heavy atom. The molecule has 0 aromatic carbocycles. The van der Waals surface area contributed by atoms with E-state index in [1.165, 1.54) is 257 Å². The zero-order valence-corrected chi connectivity index (χ0v) is 48.0. The maximum Gasteiger partial charge on any atom is 0.305 e. The highest BCUT2D eigenvalue weighted by Gasteiger charge is 2.20. The van der Waals surface area contributed by atoms with Gasteiger partial charge in [-0.1, -0.05) is 308 Å². The molecule has 6 nitrogen and oxygen atoms in total. The van der Waals surface area contributed by atoms with Crippen LogP contribution in [0.1, 0.15) is 354 Å². The Balaban J connectivity index is 3.45. The van der Waals surface area contributed by atoms with Gasteiger partial charge in [-0.3, -0.25) is 9.59 Å². The van der Waals surface area contributed by atoms with Crippen LogP contribution in [0.15, 0.2) is 24.3 Å². The number of hydrogen-bond donors (Lipinski definition) is 3. The maximum absolute atomic E-state index is 12.5. The highest BCUT2D eigenvalue weighted by atomic mass is 16.5. The number of aliphatic hydroxyl groups is 2. The van der Waals surface area contributed by atoms with Crippen LogP contribution in [0.3, 0.4) is 0 Å². The van der Waals surface area contributed by atoms with Crippen molar-refractivity contribution in [1.82, 2.24) is 5.32 Å². The highest BCUT2D eigenvalue weighted by molar-refractivity contribution is 5.76. The van der Waals surface area contributed by atoms with Crippen LogP contribution >= 0.6 is 0 Å². The van der Waals surface area contributed by atoms with Crippen molar-refractivity contribution in [3.8, 4) is 0 Å². The Morgan fingerprint density at radius 1 is 0.394 bits per heavy atom. The molecule has 0 aliphatic heterocycles. The van der Waals surface area contributed by atoms with Crippen molar-refractivity contribution in [3.05, 3.63) is 24.3 Å². The minimum Gasteiger partial charge on any atom is -0.466 e. The van der Waals surface area contributed by atoms with Gasteiger partial charge in [0.05, 0.1) is 25.4 Å². The first kappa shape index (κ1) is 69.3. The molecule has 2 atom stereocenters. The number of carbonyl (C=O) groups excluding carboxylic acids is 2. The second kappa shape index (κ2) is 60.9. The molecule has 0 aliphatic carbocycles. The van der Waals surface area contributed by atoms with Gasteiger partial charge in [0.15, 0.2) is 0 Å². The number of unbranched alkanes of at least 4 members (excludes halogenated alkanes) is 45. The molecule has 0 saturated heterocycles. The van der Waals surface area contributed by atoms with Gasteiger partial charge in [-0.2, -0.15) is 0 Å². The molecular weight excluding hydrogens is 875 g/mol. The maximum atomic E-state index is 12.5. The van der Waals surface area contributed by atoms with Crippen molar-refractivity contribution in [2.45, 2.75) is 366 Å². The predicted molar refractivity (Wildman–Crippen MR) is 310 cm³/mol. The summed E-state index contributed by atoms with van der Waals surface area (Å²) in [5, 5.41) is 23.4. The van der Waals surface area contributed by atoms with Crippen LogP contribution in [0.4, 0.5) is 0 Å². The zero-order chi connectivity index (χ0) is 51.4. The van der Waals surface area contributed by atoms with Crippen LogP contribution in [-0.2, 0) is 14.3 Å². The Morgan fingerprint density at radius 2 is 0.704 bits per heavy atom. The standard InChI is InChI=1S/C65H125NO5/c1-3-5-7-9-11-13-15-17-19-21-23-24-25-26-27-28-29-30-32-34-37-41-45-49-53-57-63(68)62(61-67)66-64(69)58-54-50-46-42-38-36-40-44-48-52-56-60-71-65(70)59-55-51-47-43-39-35-33-31-22-20-18-16-14-12-10-8-6-4-2/h14,16,20,22,62-63,67-68H,3-13,15,17-19,21,23-61H2,1-2H3,(H,66,69)/b16-14-,22-20-. The van der Waals surface area contributed by atoms with Gasteiger partial charge in [-0.05, 0) is 57.8 Å². The van der Waals surface area contributed by atoms with E-state index in [1.807, 2.05) is 0 Å². The molecule has 71 heavy (non-hydrogen) atoms. The number of allylic oxidation sites excluding steroid dienone is 4. The number of carbonyl (C=O) groups is 2. The molecule has 0 radical (unpaired) electrons. The van der Waals surface area contributed by atoms with Crippen LogP contribution in [0.25, 0.3) is 0 Å². The summed E-state index contributed by atoms with van der Waals surface area (Å²) < 4.78 is 5.48. The molecule has 0 rings (SSSR count). The summed E-state index contributed by atoms with van der Waals surface area (Å²) in [4.78, 5) is 24.6. The summed E-state index contributed by atoms with van der Waals surface area (Å²) in [5.41, 5.74) is 0. The quantitative estimate of drug-likeness (QED) is 0.0320. The fourth-order valence-corrected chi connectivity index (χ4v) is 10.1. The van der Waals surface area contributed by atoms with Crippen molar-refractivity contribution in [2.24, 2.45) is 0 Å². The van der Waals surface area contributed by atoms with Gasteiger partial charge in [0.25, 0.3) is 0 Å². The third kappa shape index (κ3) is 57.5. The smallest absolute Gasteiger partial charge is 0.305 e. The fraction of sp³-hybridized carbons (Fsp3) is 0.908. The topological polar surface area (TPSA) is 95.9 Å². The number of esters is 1. The van der Waals surface area contributed by atoms with Crippen molar-refractivity contribution >= 4 is 11.9 Å². The third-order valence-electron chi connectivity index (χ3n) is 15.0. The second-order valence-corrected chi connectivity index (χ2v) is 22.1. The molecule has 0 heterocycles. The summed E-state index contributed by atoms with van der Waals surface area (Å²) in [7, 11) is 0. The molecule has 6 heteroatoms. The molecule has 0 saturated carbocycles. The largest absolute Gasteiger partial charge is 0.466 e. The molecule has 2 unspecified atom stereocenters. The van der Waals surface area contributed by atoms with Gasteiger partial charge >= 0.3 is 5.97 Å². The summed E-state index contributed by atoms with van der Waals surface area (Å²) in [6, 6.07) is -0.558. The Labute approximate surface area is 443 Å². The first-order valence-electron chi connectivity index (χ1n) is 32.1. The van der Waals surface area contributed by atoms with Gasteiger partial charge in [-0.15, -0.1) is 0 Å². The van der Waals surface area contributed by atoms with E-state index in [4.69, 9.17) is 4.74 Å². The van der Waals surface area contributed by atoms with Crippen molar-refractivity contribution in [2.75, 3.05) is 13.2 Å². The SMILES string of the molecule is CCCCCC/C=C\C/C=C\CCCCCCCCCC(=O)OCCCCCCCCCCCCCC(=O)NC(CO)C(O)CCCCCCCCCCCCCCCCCCCCCCCCCCC. The molecule has 0 aromatic rings. The molecule has 3 N–H and O–H groups in total. The molecule has 0 fully saturated rings. The van der Waals surface area contributed by atoms with Gasteiger partial charge in [0.2, 0.25) is 5.91 Å². The first-order valence-corrected chi connectivity index (χ1v) is 32.1. The predicted octanol–water partition coefficient (Wildman–Crippen LogP) is 20.2. The molecule has 0 spiro atoms. The third-order valence-corrected chi connectivity index (χ3v) is 15.0. The number of amides is 1. The lowest BCUT2D eigenvalue weighted by molar-refractivity contribution is -0.143. The highest BCUT2D eigenvalue weighted by Crippen LogP contribution is 2.18. The fourth-order valence-electron chi connectivity index (χ4n) is 10.1. The van der Waals surface area contributed by atoms with Crippen LogP contribution in [0.2, 0.25) is 0 Å². The van der Waals surface area contributed by atoms with E-state index in [1.54, 1.807) is 0 Å². The van der Waals surface area contributed by atoms with Crippen LogP contribution < -0.4 is 5.32 Å². The lowest BCUT2D eigenvalue weighted by Crippen LogP contribution is -2.45. The van der Waals surface area contributed by atoms with Crippen molar-refractivity contribution < 1.29 is 24.5 Å². The first-order chi connectivity index (χ1) is 35.0. The zero-order valence-electron chi connectivity index (χ0n) is 48.0. The Bertz CT molecular complexity index is 1110. The minimum absolute atomic E-state index is 0.0196. The average Bonchev–Trinajstić information content (AvgIpc) is 3.37. The van der Waals surface area contributed by atoms with Crippen LogP contribution in [-0.4, -0.2) is 47.4 Å². The van der Waals surface area contributed by atoms with Crippen LogP contribution in [0.5, 0.6) is 0 Å². The number of hydrogen-bond acceptors (Lipinski definition) is 5. The monoisotopic (exact) mass is 1000 g/mol. The van der Waals surface area contributed by atoms with E-state index < -0.39 is 12.1 Å². The number of aliphatic hydroxyl groups excluding tert-OH is 2. The van der Waals surface area contributed by atoms with Gasteiger partial charge in [-0.25, -0.2) is 0 Å². The second-order valence-electron chi connectivity index (χ2n) is 22.1. The van der Waals surface area contributed by atoms with E-state index in [2.05, 4.69) is 43.5 Å². The van der Waals surface area contributed by atoms with Crippen LogP contribution in [0, 0.1) is 0 Å². The minimum atomic E-state index is -0.679. The summed E-state index contributed by atoms with van der Waals surface area (Å²) in [5.74, 6) is -0.0699. The average molecular weight is 1000 g/mol. The number of ether oxygens (including phenoxy) is 1. The normalized spacial score (nSPS) is 12.7. The molecule has 0 aromatic heterocycles. The van der Waals surface area contributed by atoms with E-state index >= 15 is 0 Å². The summed E-state index contributed by atoms with van der Waals surface area (Å²) in [6.07, 6.45) is 74.7. The van der Waals surface area contributed by atoms with Gasteiger partial charge in [0.1, 0.15) is 0 Å². The van der Waals surface area contributed by atoms with Gasteiger partial charge in [0, 0.05) is 12.8 Å². The lowest BCUT2D eigenvalue weighted by Gasteiger charge is -2.22. The molecule has 0 bridgehead atoms. The summed E-state index contributed by atoms with van der Waals surface area (Å²) >= 11 is 0. The van der Waals surface area contributed by atoms with E-state index in [9.17, 15) is 19.8 Å². The van der Waals surface area contributed by atoms with E-state index in [0.29, 0.717) is 25.9 Å². The Kier molecular flexibility index (Phi) is 59.5. The van der Waals surface area contributed by atoms with Crippen molar-refractivity contribution in [3.63, 3.8) is 0 Å². The van der Waals surface area contributed by atoms with Crippen molar-refractivity contribution in [1.29, 1.82) is 0 Å². The molecule has 0 aliphatic rings. The molecular formula is C65H125NO5. The summed E-state index contributed by atoms with van der Waals surface area (Å²) in [6.45, 7) is 4.92. The number of nitrogens with one attached hydrogen (secondary N) is 1. The molecule has 1 amide bonds. The van der Waals surface area contributed by atoms with E-state index in [-0.39, 0.29) is 18.5 Å². The Hall–Kier alpha value is -1.66. The lowest BCUT2D eigenvalue weighted by atomic mass is 10.0. The van der Waals surface area contributed by atoms with E-state index in [0.717, 1.165) is 64.2 Å². The van der Waals surface area contributed by atoms with Gasteiger partial charge < -0.3 is 20.3 Å². The molecule has 420 valence electrons. The number of rotatable bonds is 60.